The van der Waals surface area contributed by atoms with E-state index in [2.05, 4.69) is 20.6 Å². The van der Waals surface area contributed by atoms with Crippen LogP contribution in [0, 0.1) is 5.92 Å². The Morgan fingerprint density at radius 1 is 1.18 bits per heavy atom. The van der Waals surface area contributed by atoms with Crippen molar-refractivity contribution >= 4 is 11.8 Å². The summed E-state index contributed by atoms with van der Waals surface area (Å²) in [6.45, 7) is 0.342. The molecule has 0 radical (unpaired) electrons. The molecule has 0 saturated carbocycles. The van der Waals surface area contributed by atoms with E-state index in [1.807, 2.05) is 42.5 Å². The summed E-state index contributed by atoms with van der Waals surface area (Å²) in [6.07, 6.45) is 8.12. The molecule has 1 saturated heterocycles. The van der Waals surface area contributed by atoms with Gasteiger partial charge in [-0.1, -0.05) is 30.3 Å². The zero-order valence-electron chi connectivity index (χ0n) is 15.3. The van der Waals surface area contributed by atoms with Gasteiger partial charge in [-0.3, -0.25) is 14.2 Å². The third kappa shape index (κ3) is 3.93. The molecule has 142 valence electrons. The summed E-state index contributed by atoms with van der Waals surface area (Å²) in [5.74, 6) is -0.392. The van der Waals surface area contributed by atoms with Crippen LogP contribution >= 0.6 is 0 Å². The number of hydrogen-bond acceptors (Lipinski definition) is 4. The van der Waals surface area contributed by atoms with E-state index in [1.54, 1.807) is 29.5 Å². The lowest BCUT2D eigenvalue weighted by Crippen LogP contribution is -2.46. The Kier molecular flexibility index (Phi) is 5.14. The number of nitrogens with one attached hydrogen (secondary N) is 2. The molecule has 28 heavy (non-hydrogen) atoms. The summed E-state index contributed by atoms with van der Waals surface area (Å²) < 4.78 is 1.80. The maximum Gasteiger partial charge on any atom is 0.233 e. The predicted octanol–water partition coefficient (Wildman–Crippen LogP) is 2.15. The summed E-state index contributed by atoms with van der Waals surface area (Å²) in [4.78, 5) is 33.3. The zero-order valence-corrected chi connectivity index (χ0v) is 15.3. The van der Waals surface area contributed by atoms with Crippen LogP contribution < -0.4 is 10.6 Å². The van der Waals surface area contributed by atoms with Crippen molar-refractivity contribution in [2.45, 2.75) is 25.4 Å². The lowest BCUT2D eigenvalue weighted by Gasteiger charge is -2.28. The topological polar surface area (TPSA) is 88.9 Å². The molecule has 1 aliphatic rings. The molecule has 7 nitrogen and oxygen atoms in total. The number of pyridine rings is 1. The number of nitrogens with zero attached hydrogens (tertiary/aromatic N) is 3. The van der Waals surface area contributed by atoms with Crippen LogP contribution in [0.25, 0.3) is 5.82 Å². The van der Waals surface area contributed by atoms with Crippen molar-refractivity contribution in [3.05, 3.63) is 78.5 Å². The summed E-state index contributed by atoms with van der Waals surface area (Å²) in [5, 5.41) is 5.84. The van der Waals surface area contributed by atoms with E-state index in [0.717, 1.165) is 23.4 Å². The second kappa shape index (κ2) is 8.04. The van der Waals surface area contributed by atoms with Gasteiger partial charge in [-0.05, 0) is 36.1 Å². The average Bonchev–Trinajstić information content (AvgIpc) is 3.28. The van der Waals surface area contributed by atoms with Gasteiger partial charge in [0.2, 0.25) is 11.8 Å². The Morgan fingerprint density at radius 3 is 2.79 bits per heavy atom. The number of aromatic nitrogens is 3. The Hall–Kier alpha value is -3.48. The van der Waals surface area contributed by atoms with Crippen LogP contribution in [0.5, 0.6) is 0 Å². The first-order valence-electron chi connectivity index (χ1n) is 9.27. The Bertz CT molecular complexity index is 956. The monoisotopic (exact) mass is 375 g/mol. The highest BCUT2D eigenvalue weighted by molar-refractivity contribution is 6.00. The second-order valence-electron chi connectivity index (χ2n) is 6.81. The van der Waals surface area contributed by atoms with E-state index >= 15 is 0 Å². The van der Waals surface area contributed by atoms with Crippen LogP contribution in [0.15, 0.2) is 67.4 Å². The molecule has 1 fully saturated rings. The van der Waals surface area contributed by atoms with Crippen molar-refractivity contribution in [2.75, 3.05) is 0 Å². The third-order valence-electron chi connectivity index (χ3n) is 4.94. The van der Waals surface area contributed by atoms with E-state index in [4.69, 9.17) is 0 Å². The van der Waals surface area contributed by atoms with Crippen LogP contribution in [0.3, 0.4) is 0 Å². The van der Waals surface area contributed by atoms with Gasteiger partial charge in [0.15, 0.2) is 0 Å². The third-order valence-corrected chi connectivity index (χ3v) is 4.94. The number of piperidine rings is 1. The second-order valence-corrected chi connectivity index (χ2v) is 6.81. The van der Waals surface area contributed by atoms with Crippen LogP contribution in [0.2, 0.25) is 0 Å². The Labute approximate surface area is 162 Å². The lowest BCUT2D eigenvalue weighted by atomic mass is 9.90. The Morgan fingerprint density at radius 2 is 2.04 bits per heavy atom. The van der Waals surface area contributed by atoms with E-state index in [1.165, 1.54) is 0 Å². The van der Waals surface area contributed by atoms with Crippen LogP contribution in [0.1, 0.15) is 30.0 Å². The van der Waals surface area contributed by atoms with Crippen molar-refractivity contribution < 1.29 is 9.59 Å². The molecule has 0 spiro atoms. The van der Waals surface area contributed by atoms with Gasteiger partial charge in [-0.2, -0.15) is 0 Å². The van der Waals surface area contributed by atoms with Crippen molar-refractivity contribution in [1.82, 2.24) is 25.2 Å². The molecule has 0 aliphatic carbocycles. The first-order valence-corrected chi connectivity index (χ1v) is 9.27. The molecule has 2 atom stereocenters. The molecular weight excluding hydrogens is 354 g/mol. The first-order chi connectivity index (χ1) is 13.7. The van der Waals surface area contributed by atoms with Crippen LogP contribution in [-0.2, 0) is 16.1 Å². The van der Waals surface area contributed by atoms with Crippen molar-refractivity contribution in [2.24, 2.45) is 5.92 Å². The summed E-state index contributed by atoms with van der Waals surface area (Å²) in [5.41, 5.74) is 1.98. The average molecular weight is 375 g/mol. The lowest BCUT2D eigenvalue weighted by molar-refractivity contribution is -0.137. The van der Waals surface area contributed by atoms with Gasteiger partial charge in [0.25, 0.3) is 0 Å². The molecule has 4 rings (SSSR count). The molecule has 1 aliphatic heterocycles. The number of hydrogen-bond donors (Lipinski definition) is 2. The number of rotatable bonds is 5. The first kappa shape index (κ1) is 17.9. The van der Waals surface area contributed by atoms with E-state index in [9.17, 15) is 9.59 Å². The normalized spacial score (nSPS) is 19.1. The van der Waals surface area contributed by atoms with Gasteiger partial charge in [0.1, 0.15) is 18.1 Å². The van der Waals surface area contributed by atoms with Gasteiger partial charge >= 0.3 is 0 Å². The van der Waals surface area contributed by atoms with E-state index < -0.39 is 5.92 Å². The number of carbonyl (C=O) groups excluding carboxylic acids is 2. The molecular formula is C21H21N5O2. The van der Waals surface area contributed by atoms with Gasteiger partial charge < -0.3 is 10.6 Å². The minimum Gasteiger partial charge on any atom is -0.351 e. The molecule has 7 heteroatoms. The zero-order chi connectivity index (χ0) is 19.3. The highest BCUT2D eigenvalue weighted by atomic mass is 16.2. The number of imidazole rings is 1. The van der Waals surface area contributed by atoms with Gasteiger partial charge in [0, 0.05) is 25.1 Å². The van der Waals surface area contributed by atoms with Gasteiger partial charge in [-0.25, -0.2) is 9.97 Å². The molecule has 1 aromatic carbocycles. The van der Waals surface area contributed by atoms with E-state index in [0.29, 0.717) is 13.0 Å². The summed E-state index contributed by atoms with van der Waals surface area (Å²) >= 11 is 0. The van der Waals surface area contributed by atoms with Gasteiger partial charge in [-0.15, -0.1) is 0 Å². The maximum atomic E-state index is 12.5. The number of benzene rings is 1. The van der Waals surface area contributed by atoms with Crippen molar-refractivity contribution in [1.29, 1.82) is 0 Å². The molecule has 2 unspecified atom stereocenters. The molecule has 2 aromatic heterocycles. The highest BCUT2D eigenvalue weighted by Crippen LogP contribution is 2.26. The minimum atomic E-state index is -0.657. The van der Waals surface area contributed by atoms with Crippen LogP contribution in [-0.4, -0.2) is 26.3 Å². The molecule has 3 heterocycles. The largest absolute Gasteiger partial charge is 0.351 e. The van der Waals surface area contributed by atoms with E-state index in [-0.39, 0.29) is 17.9 Å². The molecule has 2 amide bonds. The fourth-order valence-corrected chi connectivity index (χ4v) is 3.41. The fourth-order valence-electron chi connectivity index (χ4n) is 3.41. The molecule has 2 N–H and O–H groups in total. The Balaban J connectivity index is 1.35. The summed E-state index contributed by atoms with van der Waals surface area (Å²) in [7, 11) is 0. The number of carbonyl (C=O) groups is 2. The van der Waals surface area contributed by atoms with Crippen molar-refractivity contribution in [3.63, 3.8) is 0 Å². The standard InChI is InChI=1S/C21H21N5O2/c27-20(17-6-7-18(25-21(17)28)16-4-2-1-3-5-16)24-13-15-8-9-23-19(12-15)26-11-10-22-14-26/h1-5,8-12,14,17-18H,6-7,13H2,(H,24,27)(H,25,28). The summed E-state index contributed by atoms with van der Waals surface area (Å²) in [6, 6.07) is 13.5. The smallest absolute Gasteiger partial charge is 0.233 e. The number of amides is 2. The highest BCUT2D eigenvalue weighted by Gasteiger charge is 2.33. The molecule has 3 aromatic rings. The molecule has 0 bridgehead atoms. The predicted molar refractivity (Wildman–Crippen MR) is 103 cm³/mol. The SMILES string of the molecule is O=C(NCc1ccnc(-n2ccnc2)c1)C1CCC(c2ccccc2)NC1=O. The maximum absolute atomic E-state index is 12.5. The van der Waals surface area contributed by atoms with Gasteiger partial charge in [0.05, 0.1) is 6.04 Å². The minimum absolute atomic E-state index is 0.0318. The fraction of sp³-hybridized carbons (Fsp3) is 0.238. The quantitative estimate of drug-likeness (QED) is 0.669. The van der Waals surface area contributed by atoms with Crippen LogP contribution in [0.4, 0.5) is 0 Å². The van der Waals surface area contributed by atoms with Crippen molar-refractivity contribution in [3.8, 4) is 5.82 Å².